The molecule has 0 aliphatic carbocycles. The molecule has 1 aromatic carbocycles. The average Bonchev–Trinajstić information content (AvgIpc) is 3.24. The molecule has 0 unspecified atom stereocenters. The molecule has 1 amide bonds. The van der Waals surface area contributed by atoms with Crippen molar-refractivity contribution in [1.29, 1.82) is 0 Å². The number of benzene rings is 1. The molecule has 0 radical (unpaired) electrons. The molecule has 3 saturated heterocycles. The van der Waals surface area contributed by atoms with E-state index in [-0.39, 0.29) is 23.8 Å². The Labute approximate surface area is 200 Å². The Morgan fingerprint density at radius 2 is 1.82 bits per heavy atom. The van der Waals surface area contributed by atoms with Crippen molar-refractivity contribution in [1.82, 2.24) is 14.5 Å². The van der Waals surface area contributed by atoms with Gasteiger partial charge in [0.05, 0.1) is 25.9 Å². The monoisotopic (exact) mass is 494 g/mol. The normalized spacial score (nSPS) is 30.1. The molecule has 4 heterocycles. The fraction of sp³-hybridized carbons (Fsp3) is 0.696. The van der Waals surface area contributed by atoms with Crippen molar-refractivity contribution in [3.05, 3.63) is 18.2 Å². The molecule has 10 nitrogen and oxygen atoms in total. The van der Waals surface area contributed by atoms with Crippen molar-refractivity contribution in [2.24, 2.45) is 0 Å². The van der Waals surface area contributed by atoms with Gasteiger partial charge in [0.1, 0.15) is 16.7 Å². The highest BCUT2D eigenvalue weighted by Crippen LogP contribution is 2.37. The predicted molar refractivity (Wildman–Crippen MR) is 125 cm³/mol. The van der Waals surface area contributed by atoms with Crippen LogP contribution in [0.1, 0.15) is 25.7 Å². The van der Waals surface area contributed by atoms with Crippen molar-refractivity contribution >= 4 is 21.6 Å². The van der Waals surface area contributed by atoms with Gasteiger partial charge in [-0.3, -0.25) is 4.79 Å². The number of carbonyl (C=O) groups excluding carboxylic acids is 1. The minimum Gasteiger partial charge on any atom is -0.492 e. The number of piperidine rings is 1. The molecule has 2 atom stereocenters. The lowest BCUT2D eigenvalue weighted by Crippen LogP contribution is -2.58. The number of morpholine rings is 1. The highest BCUT2D eigenvalue weighted by Gasteiger charge is 2.47. The summed E-state index contributed by atoms with van der Waals surface area (Å²) in [6, 6.07) is 4.19. The van der Waals surface area contributed by atoms with Crippen LogP contribution in [0.5, 0.6) is 5.75 Å². The number of nitrogens with zero attached hydrogens (tertiary/aromatic N) is 3. The third-order valence-electron chi connectivity index (χ3n) is 7.60. The first kappa shape index (κ1) is 23.8. The van der Waals surface area contributed by atoms with Crippen molar-refractivity contribution in [3.8, 4) is 5.75 Å². The molecule has 34 heavy (non-hydrogen) atoms. The van der Waals surface area contributed by atoms with E-state index in [4.69, 9.17) is 9.47 Å². The Morgan fingerprint density at radius 1 is 1.09 bits per heavy atom. The fourth-order valence-electron chi connectivity index (χ4n) is 5.44. The van der Waals surface area contributed by atoms with Gasteiger partial charge in [-0.15, -0.1) is 0 Å². The van der Waals surface area contributed by atoms with Crippen LogP contribution < -0.4 is 15.0 Å². The summed E-state index contributed by atoms with van der Waals surface area (Å²) in [5.41, 5.74) is 0.423. The quantitative estimate of drug-likeness (QED) is 0.562. The third-order valence-corrected chi connectivity index (χ3v) is 9.51. The van der Waals surface area contributed by atoms with Gasteiger partial charge < -0.3 is 29.7 Å². The summed E-state index contributed by atoms with van der Waals surface area (Å²) < 4.78 is 40.2. The first-order valence-electron chi connectivity index (χ1n) is 12.1. The number of aliphatic hydroxyl groups excluding tert-OH is 1. The lowest BCUT2D eigenvalue weighted by Gasteiger charge is -2.42. The van der Waals surface area contributed by atoms with E-state index in [1.807, 2.05) is 0 Å². The molecule has 1 spiro atoms. The van der Waals surface area contributed by atoms with Gasteiger partial charge in [-0.05, 0) is 32.0 Å². The molecule has 1 aromatic rings. The maximum absolute atomic E-state index is 13.7. The zero-order chi connectivity index (χ0) is 23.9. The van der Waals surface area contributed by atoms with Crippen LogP contribution in [-0.4, -0.2) is 106 Å². The lowest BCUT2D eigenvalue weighted by atomic mass is 9.84. The van der Waals surface area contributed by atoms with E-state index in [0.717, 1.165) is 49.0 Å². The number of carbonyl (C=O) groups is 1. The van der Waals surface area contributed by atoms with Crippen LogP contribution in [0.4, 0.5) is 5.69 Å². The van der Waals surface area contributed by atoms with Crippen molar-refractivity contribution in [3.63, 3.8) is 0 Å². The van der Waals surface area contributed by atoms with Gasteiger partial charge in [0, 0.05) is 62.9 Å². The number of rotatable bonds is 1. The standard InChI is InChI=1S/C23H34N4O6S/c1-25-7-4-23(5-8-25)6-11-33-20-14-17(26-9-12-32-13-10-26)2-3-21(20)34(30,31)27-16-18(28)15-19(27)22(29)24-23/h2-3,14,18-19,28H,4-13,15-16H2,1H3,(H,24,29)/t18-,19+/m1/s1. The zero-order valence-electron chi connectivity index (χ0n) is 19.6. The number of hydrogen-bond donors (Lipinski definition) is 2. The zero-order valence-corrected chi connectivity index (χ0v) is 20.4. The molecule has 0 aromatic heterocycles. The molecule has 0 bridgehead atoms. The minimum absolute atomic E-state index is 0.0377. The Balaban J connectivity index is 1.54. The number of likely N-dealkylation sites (tertiary alicyclic amines) is 1. The molecular weight excluding hydrogens is 460 g/mol. The van der Waals surface area contributed by atoms with Crippen LogP contribution in [0.3, 0.4) is 0 Å². The number of hydrogen-bond acceptors (Lipinski definition) is 8. The van der Waals surface area contributed by atoms with Gasteiger partial charge in [-0.1, -0.05) is 0 Å². The van der Waals surface area contributed by atoms with Gasteiger partial charge in [0.25, 0.3) is 0 Å². The molecule has 188 valence electrons. The molecule has 11 heteroatoms. The number of amides is 1. The van der Waals surface area contributed by atoms with Gasteiger partial charge in [0.15, 0.2) is 0 Å². The van der Waals surface area contributed by atoms with E-state index in [0.29, 0.717) is 32.0 Å². The lowest BCUT2D eigenvalue weighted by molar-refractivity contribution is -0.127. The maximum atomic E-state index is 13.7. The molecule has 3 fully saturated rings. The van der Waals surface area contributed by atoms with Gasteiger partial charge in [-0.25, -0.2) is 8.42 Å². The Hall–Kier alpha value is -1.92. The van der Waals surface area contributed by atoms with Crippen LogP contribution in [0.15, 0.2) is 23.1 Å². The van der Waals surface area contributed by atoms with Crippen LogP contribution in [-0.2, 0) is 19.6 Å². The summed E-state index contributed by atoms with van der Waals surface area (Å²) in [4.78, 5) is 17.8. The van der Waals surface area contributed by atoms with E-state index < -0.39 is 27.7 Å². The van der Waals surface area contributed by atoms with Crippen LogP contribution in [0.25, 0.3) is 0 Å². The summed E-state index contributed by atoms with van der Waals surface area (Å²) in [6.45, 7) is 4.55. The number of ether oxygens (including phenoxy) is 2. The minimum atomic E-state index is -4.06. The number of sulfonamides is 1. The van der Waals surface area contributed by atoms with Gasteiger partial charge in [0.2, 0.25) is 15.9 Å². The van der Waals surface area contributed by atoms with Crippen molar-refractivity contribution in [2.75, 3.05) is 64.5 Å². The predicted octanol–water partition coefficient (Wildman–Crippen LogP) is 0.0102. The summed E-state index contributed by atoms with van der Waals surface area (Å²) in [5, 5.41) is 13.5. The van der Waals surface area contributed by atoms with E-state index in [2.05, 4.69) is 22.2 Å². The summed E-state index contributed by atoms with van der Waals surface area (Å²) >= 11 is 0. The van der Waals surface area contributed by atoms with E-state index in [1.165, 1.54) is 0 Å². The second-order valence-corrected chi connectivity index (χ2v) is 11.7. The van der Waals surface area contributed by atoms with E-state index in [1.54, 1.807) is 18.2 Å². The van der Waals surface area contributed by atoms with Crippen molar-refractivity contribution < 1.29 is 27.8 Å². The molecule has 4 aliphatic heterocycles. The van der Waals surface area contributed by atoms with Crippen molar-refractivity contribution in [2.45, 2.75) is 48.3 Å². The summed E-state index contributed by atoms with van der Waals surface area (Å²) in [7, 11) is -2.01. The fourth-order valence-corrected chi connectivity index (χ4v) is 7.19. The largest absolute Gasteiger partial charge is 0.492 e. The third kappa shape index (κ3) is 4.51. The highest BCUT2D eigenvalue weighted by molar-refractivity contribution is 7.89. The van der Waals surface area contributed by atoms with E-state index >= 15 is 0 Å². The number of anilines is 1. The van der Waals surface area contributed by atoms with Gasteiger partial charge in [-0.2, -0.15) is 4.31 Å². The first-order valence-corrected chi connectivity index (χ1v) is 13.5. The summed E-state index contributed by atoms with van der Waals surface area (Å²) in [6.07, 6.45) is 1.31. The molecule has 5 rings (SSSR count). The molecule has 4 aliphatic rings. The summed E-state index contributed by atoms with van der Waals surface area (Å²) in [5.74, 6) is -0.0420. The highest BCUT2D eigenvalue weighted by atomic mass is 32.2. The Bertz CT molecular complexity index is 1020. The molecule has 0 saturated carbocycles. The maximum Gasteiger partial charge on any atom is 0.247 e. The second-order valence-electron chi connectivity index (χ2n) is 9.88. The topological polar surface area (TPSA) is 112 Å². The smallest absolute Gasteiger partial charge is 0.247 e. The SMILES string of the molecule is CN1CCC2(CCOc3cc(N4CCOCC4)ccc3S(=O)(=O)N3C[C@H](O)C[C@H]3C(=O)N2)CC1. The average molecular weight is 495 g/mol. The molecular formula is C23H34N4O6S. The van der Waals surface area contributed by atoms with Crippen LogP contribution in [0, 0.1) is 0 Å². The Morgan fingerprint density at radius 3 is 2.56 bits per heavy atom. The Kier molecular flexibility index (Phi) is 6.49. The second kappa shape index (κ2) is 9.27. The molecule has 2 N–H and O–H groups in total. The van der Waals surface area contributed by atoms with Gasteiger partial charge >= 0.3 is 0 Å². The first-order chi connectivity index (χ1) is 16.3. The van der Waals surface area contributed by atoms with Crippen LogP contribution >= 0.6 is 0 Å². The number of fused-ring (bicyclic) bond motifs is 2. The number of aliphatic hydroxyl groups is 1. The van der Waals surface area contributed by atoms with Crippen LogP contribution in [0.2, 0.25) is 0 Å². The van der Waals surface area contributed by atoms with E-state index in [9.17, 15) is 18.3 Å². The number of nitrogens with one attached hydrogen (secondary N) is 1.